The molecule has 0 saturated heterocycles. The van der Waals surface area contributed by atoms with Crippen molar-refractivity contribution in [1.29, 1.82) is 5.26 Å². The maximum atomic E-state index is 8.71. The van der Waals surface area contributed by atoms with E-state index in [1.807, 2.05) is 0 Å². The van der Waals surface area contributed by atoms with Crippen molar-refractivity contribution in [2.45, 2.75) is 33.1 Å². The number of rotatable bonds is 2. The predicted molar refractivity (Wildman–Crippen MR) is 36.7 cm³/mol. The first-order chi connectivity index (χ1) is 4.25. The minimum atomic E-state index is 0.106. The Bertz CT molecular complexity index is 145. The van der Waals surface area contributed by atoms with Gasteiger partial charge in [0.2, 0.25) is 0 Å². The molecular formula is C8H13N. The zero-order valence-electron chi connectivity index (χ0n) is 6.15. The van der Waals surface area contributed by atoms with Crippen LogP contribution >= 0.6 is 0 Å². The van der Waals surface area contributed by atoms with Crippen molar-refractivity contribution in [2.75, 3.05) is 0 Å². The third kappa shape index (κ3) is 0.941. The van der Waals surface area contributed by atoms with Gasteiger partial charge in [-0.15, -0.1) is 0 Å². The van der Waals surface area contributed by atoms with E-state index >= 15 is 0 Å². The summed E-state index contributed by atoms with van der Waals surface area (Å²) in [5.74, 6) is 0.669. The highest BCUT2D eigenvalue weighted by Gasteiger charge is 2.50. The molecule has 1 aliphatic rings. The van der Waals surface area contributed by atoms with E-state index in [9.17, 15) is 0 Å². The smallest absolute Gasteiger partial charge is 0.0692 e. The van der Waals surface area contributed by atoms with Crippen LogP contribution in [0.2, 0.25) is 0 Å². The molecule has 1 fully saturated rings. The quantitative estimate of drug-likeness (QED) is 0.553. The van der Waals surface area contributed by atoms with Gasteiger partial charge >= 0.3 is 0 Å². The van der Waals surface area contributed by atoms with E-state index in [4.69, 9.17) is 5.26 Å². The molecular weight excluding hydrogens is 110 g/mol. The first-order valence-electron chi connectivity index (χ1n) is 3.66. The van der Waals surface area contributed by atoms with E-state index in [1.54, 1.807) is 0 Å². The Kier molecular flexibility index (Phi) is 1.48. The molecule has 50 valence electrons. The average molecular weight is 123 g/mol. The van der Waals surface area contributed by atoms with Crippen molar-refractivity contribution in [3.8, 4) is 6.07 Å². The monoisotopic (exact) mass is 123 g/mol. The second-order valence-electron chi connectivity index (χ2n) is 3.12. The molecule has 0 amide bonds. The number of hydrogen-bond acceptors (Lipinski definition) is 1. The van der Waals surface area contributed by atoms with Crippen LogP contribution in [0.25, 0.3) is 0 Å². The summed E-state index contributed by atoms with van der Waals surface area (Å²) in [5.41, 5.74) is 0.106. The van der Waals surface area contributed by atoms with Crippen molar-refractivity contribution in [2.24, 2.45) is 11.3 Å². The third-order valence-electron chi connectivity index (χ3n) is 2.37. The van der Waals surface area contributed by atoms with Crippen LogP contribution in [0.5, 0.6) is 0 Å². The molecule has 0 aromatic heterocycles. The van der Waals surface area contributed by atoms with Crippen LogP contribution in [0.4, 0.5) is 0 Å². The maximum absolute atomic E-state index is 8.71. The summed E-state index contributed by atoms with van der Waals surface area (Å²) in [6.07, 6.45) is 3.39. The molecule has 0 radical (unpaired) electrons. The fourth-order valence-corrected chi connectivity index (χ4v) is 1.49. The van der Waals surface area contributed by atoms with E-state index in [1.165, 1.54) is 0 Å². The van der Waals surface area contributed by atoms with Gasteiger partial charge in [-0.05, 0) is 18.8 Å². The van der Waals surface area contributed by atoms with Crippen LogP contribution in [0.15, 0.2) is 0 Å². The van der Waals surface area contributed by atoms with Gasteiger partial charge in [0, 0.05) is 0 Å². The lowest BCUT2D eigenvalue weighted by atomic mass is 10.0. The molecule has 1 heteroatoms. The second kappa shape index (κ2) is 2.02. The molecule has 0 aromatic carbocycles. The molecule has 9 heavy (non-hydrogen) atoms. The SMILES string of the molecule is CCCC1(C#N)CC1C. The topological polar surface area (TPSA) is 23.8 Å². The standard InChI is InChI=1S/C8H13N/c1-3-4-8(6-9)5-7(8)2/h7H,3-5H2,1-2H3. The lowest BCUT2D eigenvalue weighted by molar-refractivity contribution is 0.540. The lowest BCUT2D eigenvalue weighted by Gasteiger charge is -2.01. The highest BCUT2D eigenvalue weighted by atomic mass is 14.5. The molecule has 0 N–H and O–H groups in total. The van der Waals surface area contributed by atoms with Gasteiger partial charge in [-0.3, -0.25) is 0 Å². The molecule has 0 heterocycles. The van der Waals surface area contributed by atoms with Crippen molar-refractivity contribution in [1.82, 2.24) is 0 Å². The first kappa shape index (κ1) is 6.61. The molecule has 1 rings (SSSR count). The lowest BCUT2D eigenvalue weighted by Crippen LogP contribution is -1.97. The van der Waals surface area contributed by atoms with Gasteiger partial charge in [0.25, 0.3) is 0 Å². The van der Waals surface area contributed by atoms with Crippen LogP contribution < -0.4 is 0 Å². The van der Waals surface area contributed by atoms with Crippen molar-refractivity contribution < 1.29 is 0 Å². The Morgan fingerprint density at radius 3 is 2.44 bits per heavy atom. The second-order valence-corrected chi connectivity index (χ2v) is 3.12. The van der Waals surface area contributed by atoms with Crippen LogP contribution in [0.3, 0.4) is 0 Å². The summed E-state index contributed by atoms with van der Waals surface area (Å²) in [6, 6.07) is 2.40. The summed E-state index contributed by atoms with van der Waals surface area (Å²) in [6.45, 7) is 4.31. The number of nitrogens with zero attached hydrogens (tertiary/aromatic N) is 1. The van der Waals surface area contributed by atoms with Crippen LogP contribution in [-0.2, 0) is 0 Å². The molecule has 2 unspecified atom stereocenters. The molecule has 0 spiro atoms. The van der Waals surface area contributed by atoms with Crippen LogP contribution in [0.1, 0.15) is 33.1 Å². The largest absolute Gasteiger partial charge is 0.198 e. The van der Waals surface area contributed by atoms with Gasteiger partial charge in [0.1, 0.15) is 0 Å². The summed E-state index contributed by atoms with van der Waals surface area (Å²) in [7, 11) is 0. The van der Waals surface area contributed by atoms with Gasteiger partial charge in [-0.2, -0.15) is 5.26 Å². The Morgan fingerprint density at radius 2 is 2.33 bits per heavy atom. The van der Waals surface area contributed by atoms with E-state index in [2.05, 4.69) is 19.9 Å². The molecule has 2 atom stereocenters. The van der Waals surface area contributed by atoms with E-state index < -0.39 is 0 Å². The normalized spacial score (nSPS) is 39.9. The van der Waals surface area contributed by atoms with Gasteiger partial charge in [0.15, 0.2) is 0 Å². The Balaban J connectivity index is 2.45. The van der Waals surface area contributed by atoms with E-state index in [0.29, 0.717) is 5.92 Å². The van der Waals surface area contributed by atoms with Gasteiger partial charge in [0.05, 0.1) is 11.5 Å². The summed E-state index contributed by atoms with van der Waals surface area (Å²) in [5, 5.41) is 8.71. The number of nitriles is 1. The van der Waals surface area contributed by atoms with E-state index in [-0.39, 0.29) is 5.41 Å². The fraction of sp³-hybridized carbons (Fsp3) is 0.875. The summed E-state index contributed by atoms with van der Waals surface area (Å²) in [4.78, 5) is 0. The van der Waals surface area contributed by atoms with Gasteiger partial charge < -0.3 is 0 Å². The third-order valence-corrected chi connectivity index (χ3v) is 2.37. The highest BCUT2D eigenvalue weighted by molar-refractivity contribution is 5.13. The average Bonchev–Trinajstić information content (AvgIpc) is 2.45. The predicted octanol–water partition coefficient (Wildman–Crippen LogP) is 2.34. The molecule has 1 saturated carbocycles. The van der Waals surface area contributed by atoms with Crippen molar-refractivity contribution in [3.05, 3.63) is 0 Å². The number of hydrogen-bond donors (Lipinski definition) is 0. The van der Waals surface area contributed by atoms with Crippen molar-refractivity contribution in [3.63, 3.8) is 0 Å². The van der Waals surface area contributed by atoms with Gasteiger partial charge in [-0.25, -0.2) is 0 Å². The fourth-order valence-electron chi connectivity index (χ4n) is 1.49. The maximum Gasteiger partial charge on any atom is 0.0692 e. The van der Waals surface area contributed by atoms with E-state index in [0.717, 1.165) is 19.3 Å². The first-order valence-corrected chi connectivity index (χ1v) is 3.66. The zero-order valence-corrected chi connectivity index (χ0v) is 6.15. The minimum absolute atomic E-state index is 0.106. The molecule has 0 aromatic rings. The Morgan fingerprint density at radius 1 is 1.78 bits per heavy atom. The summed E-state index contributed by atoms with van der Waals surface area (Å²) < 4.78 is 0. The van der Waals surface area contributed by atoms with Crippen molar-refractivity contribution >= 4 is 0 Å². The Hall–Kier alpha value is -0.510. The molecule has 1 nitrogen and oxygen atoms in total. The molecule has 0 aliphatic heterocycles. The van der Waals surface area contributed by atoms with Crippen LogP contribution in [-0.4, -0.2) is 0 Å². The zero-order chi connectivity index (χ0) is 6.91. The van der Waals surface area contributed by atoms with Gasteiger partial charge in [-0.1, -0.05) is 20.3 Å². The summed E-state index contributed by atoms with van der Waals surface area (Å²) >= 11 is 0. The molecule has 0 bridgehead atoms. The van der Waals surface area contributed by atoms with Crippen LogP contribution in [0, 0.1) is 22.7 Å². The molecule has 1 aliphatic carbocycles. The minimum Gasteiger partial charge on any atom is -0.198 e. The highest BCUT2D eigenvalue weighted by Crippen LogP contribution is 2.54. The Labute approximate surface area is 56.7 Å².